The van der Waals surface area contributed by atoms with E-state index in [-0.39, 0.29) is 5.57 Å². The van der Waals surface area contributed by atoms with Crippen LogP contribution in [0.3, 0.4) is 0 Å². The SMILES string of the molecule is C=CC.CC1C=C2C(=CC1)Cc1ccccc12.CCC.CN1CCc2cc(/C=C/C=C(/C(=N)C(=O)O)C(=O)Nc3ccccc3)ccc21. The molecule has 1 heterocycles. The molecule has 6 nitrogen and oxygen atoms in total. The fourth-order valence-electron chi connectivity index (χ4n) is 5.52. The van der Waals surface area contributed by atoms with E-state index >= 15 is 0 Å². The Morgan fingerprint density at radius 1 is 1.04 bits per heavy atom. The third-order valence-electron chi connectivity index (χ3n) is 7.76. The van der Waals surface area contributed by atoms with Gasteiger partial charge < -0.3 is 15.3 Å². The summed E-state index contributed by atoms with van der Waals surface area (Å²) in [4.78, 5) is 25.9. The van der Waals surface area contributed by atoms with Crippen molar-refractivity contribution in [1.82, 2.24) is 0 Å². The maximum absolute atomic E-state index is 12.5. The highest BCUT2D eigenvalue weighted by Crippen LogP contribution is 2.40. The van der Waals surface area contributed by atoms with E-state index in [0.717, 1.165) is 24.9 Å². The molecule has 3 N–H and O–H groups in total. The number of para-hydroxylation sites is 1. The van der Waals surface area contributed by atoms with Crippen LogP contribution in [0.25, 0.3) is 11.6 Å². The molecule has 2 aliphatic carbocycles. The summed E-state index contributed by atoms with van der Waals surface area (Å²) >= 11 is 0. The Labute approximate surface area is 286 Å². The van der Waals surface area contributed by atoms with E-state index in [9.17, 15) is 9.59 Å². The fraction of sp³-hybridized carbons (Fsp3) is 0.262. The molecule has 1 aliphatic heterocycles. The van der Waals surface area contributed by atoms with E-state index in [2.05, 4.69) is 87.1 Å². The number of carboxylic acids is 1. The largest absolute Gasteiger partial charge is 0.477 e. The molecule has 6 heteroatoms. The number of amides is 1. The Balaban J connectivity index is 0.000000257. The number of nitrogens with one attached hydrogen (secondary N) is 2. The molecule has 0 radical (unpaired) electrons. The van der Waals surface area contributed by atoms with Gasteiger partial charge in [-0.3, -0.25) is 10.2 Å². The highest BCUT2D eigenvalue weighted by molar-refractivity contribution is 6.48. The lowest BCUT2D eigenvalue weighted by molar-refractivity contribution is -0.129. The van der Waals surface area contributed by atoms with Crippen molar-refractivity contribution in [1.29, 1.82) is 5.41 Å². The Bertz CT molecular complexity index is 1710. The van der Waals surface area contributed by atoms with Crippen LogP contribution in [0.4, 0.5) is 11.4 Å². The van der Waals surface area contributed by atoms with Gasteiger partial charge in [-0.25, -0.2) is 4.79 Å². The van der Waals surface area contributed by atoms with Gasteiger partial charge in [0.05, 0.1) is 5.57 Å². The van der Waals surface area contributed by atoms with Crippen molar-refractivity contribution in [3.63, 3.8) is 0 Å². The molecule has 0 aromatic heterocycles. The molecular weight excluding hydrogens is 594 g/mol. The Morgan fingerprint density at radius 3 is 2.40 bits per heavy atom. The molecule has 0 saturated heterocycles. The molecule has 1 atom stereocenters. The summed E-state index contributed by atoms with van der Waals surface area (Å²) in [5, 5.41) is 19.5. The number of benzene rings is 3. The molecule has 3 aromatic carbocycles. The Hall–Kier alpha value is -5.23. The summed E-state index contributed by atoms with van der Waals surface area (Å²) in [6.07, 6.45) is 15.9. The van der Waals surface area contributed by atoms with Gasteiger partial charge in [0.15, 0.2) is 5.71 Å². The maximum Gasteiger partial charge on any atom is 0.354 e. The predicted octanol–water partition coefficient (Wildman–Crippen LogP) is 9.56. The third-order valence-corrected chi connectivity index (χ3v) is 7.76. The molecule has 48 heavy (non-hydrogen) atoms. The molecule has 0 spiro atoms. The first-order valence-electron chi connectivity index (χ1n) is 16.6. The van der Waals surface area contributed by atoms with Gasteiger partial charge in [-0.1, -0.05) is 106 Å². The molecule has 3 aliphatic rings. The van der Waals surface area contributed by atoms with Gasteiger partial charge in [0.2, 0.25) is 0 Å². The van der Waals surface area contributed by atoms with Gasteiger partial charge >= 0.3 is 5.97 Å². The van der Waals surface area contributed by atoms with Crippen LogP contribution in [0.15, 0.2) is 121 Å². The number of hydrogen-bond acceptors (Lipinski definition) is 4. The number of carbonyl (C=O) groups is 2. The lowest BCUT2D eigenvalue weighted by Gasteiger charge is -2.13. The van der Waals surface area contributed by atoms with Gasteiger partial charge in [-0.05, 0) is 95.8 Å². The molecule has 0 saturated carbocycles. The number of likely N-dealkylation sites (N-methyl/N-ethyl adjacent to an activating group) is 1. The average molecular weight is 644 g/mol. The summed E-state index contributed by atoms with van der Waals surface area (Å²) < 4.78 is 0. The molecule has 3 aromatic rings. The molecular formula is C42H49N3O3. The number of fused-ring (bicyclic) bond motifs is 4. The first-order chi connectivity index (χ1) is 23.1. The van der Waals surface area contributed by atoms with Crippen LogP contribution in [0.1, 0.15) is 62.8 Å². The van der Waals surface area contributed by atoms with E-state index in [1.54, 1.807) is 48.1 Å². The number of carbonyl (C=O) groups excluding carboxylic acids is 1. The zero-order chi connectivity index (χ0) is 35.1. The highest BCUT2D eigenvalue weighted by Gasteiger charge is 2.23. The highest BCUT2D eigenvalue weighted by atomic mass is 16.4. The third kappa shape index (κ3) is 10.4. The number of hydrogen-bond donors (Lipinski definition) is 3. The summed E-state index contributed by atoms with van der Waals surface area (Å²) in [5.74, 6) is -1.39. The minimum Gasteiger partial charge on any atom is -0.477 e. The molecule has 1 unspecified atom stereocenters. The van der Waals surface area contributed by atoms with Crippen molar-refractivity contribution in [2.75, 3.05) is 23.8 Å². The van der Waals surface area contributed by atoms with Crippen LogP contribution in [0, 0.1) is 11.3 Å². The monoisotopic (exact) mass is 643 g/mol. The average Bonchev–Trinajstić information content (AvgIpc) is 3.63. The molecule has 1 amide bonds. The standard InChI is InChI=1S/C22H21N3O3.C14H14.C3H8.C3H6/c1-25-13-12-16-14-15(10-11-19(16)25)6-5-9-18(20(23)22(27)28)21(26)24-17-7-3-2-4-8-17;1-10-6-7-12-9-11-4-2-3-5-13(11)14(12)8-10;2*1-3-2/h2-11,14,23H,12-13H2,1H3,(H,24,26)(H,27,28);2-5,7-8,10H,6,9H2,1H3;3H2,1-2H3;3H,1H2,2H3/b6-5+,18-9-,23-20?;;;. The number of carboxylic acid groups (broad SMARTS) is 1. The van der Waals surface area contributed by atoms with Crippen molar-refractivity contribution in [3.8, 4) is 0 Å². The molecule has 0 fully saturated rings. The van der Waals surface area contributed by atoms with Crippen LogP contribution >= 0.6 is 0 Å². The quantitative estimate of drug-likeness (QED) is 0.108. The van der Waals surface area contributed by atoms with Gasteiger partial charge in [-0.15, -0.1) is 6.58 Å². The number of anilines is 2. The van der Waals surface area contributed by atoms with Crippen molar-refractivity contribution in [2.24, 2.45) is 5.92 Å². The van der Waals surface area contributed by atoms with Crippen LogP contribution in [0.5, 0.6) is 0 Å². The first kappa shape index (κ1) is 37.2. The van der Waals surface area contributed by atoms with E-state index in [0.29, 0.717) is 11.6 Å². The van der Waals surface area contributed by atoms with Gasteiger partial charge in [0.25, 0.3) is 5.91 Å². The smallest absolute Gasteiger partial charge is 0.354 e. The van der Waals surface area contributed by atoms with E-state index < -0.39 is 17.6 Å². The number of nitrogens with zero attached hydrogens (tertiary/aromatic N) is 1. The lowest BCUT2D eigenvalue weighted by atomic mass is 9.92. The summed E-state index contributed by atoms with van der Waals surface area (Å²) in [6, 6.07) is 23.6. The van der Waals surface area contributed by atoms with Gasteiger partial charge in [-0.2, -0.15) is 0 Å². The minimum atomic E-state index is -1.46. The fourth-order valence-corrected chi connectivity index (χ4v) is 5.52. The van der Waals surface area contributed by atoms with Gasteiger partial charge in [0, 0.05) is 25.0 Å². The number of aliphatic carboxylic acids is 1. The lowest BCUT2D eigenvalue weighted by Crippen LogP contribution is -2.25. The van der Waals surface area contributed by atoms with Crippen LogP contribution in [-0.2, 0) is 22.4 Å². The Morgan fingerprint density at radius 2 is 1.71 bits per heavy atom. The maximum atomic E-state index is 12.5. The summed E-state index contributed by atoms with van der Waals surface area (Å²) in [5.41, 5.74) is 8.99. The predicted molar refractivity (Wildman–Crippen MR) is 203 cm³/mol. The van der Waals surface area contributed by atoms with E-state index in [1.165, 1.54) is 46.9 Å². The second kappa shape index (κ2) is 18.8. The molecule has 250 valence electrons. The van der Waals surface area contributed by atoms with Crippen LogP contribution in [-0.4, -0.2) is 36.3 Å². The van der Waals surface area contributed by atoms with Crippen LogP contribution < -0.4 is 10.2 Å². The van der Waals surface area contributed by atoms with Crippen molar-refractivity contribution in [2.45, 2.75) is 53.4 Å². The summed E-state index contributed by atoms with van der Waals surface area (Å²) in [6.45, 7) is 12.8. The molecule has 6 rings (SSSR count). The van der Waals surface area contributed by atoms with E-state index in [4.69, 9.17) is 10.5 Å². The zero-order valence-electron chi connectivity index (χ0n) is 28.9. The zero-order valence-corrected chi connectivity index (χ0v) is 28.9. The minimum absolute atomic E-state index is 0.214. The molecule has 0 bridgehead atoms. The van der Waals surface area contributed by atoms with Gasteiger partial charge in [0.1, 0.15) is 0 Å². The Kier molecular flexibility index (Phi) is 14.6. The topological polar surface area (TPSA) is 93.5 Å². The van der Waals surface area contributed by atoms with Crippen molar-refractivity contribution >= 4 is 40.6 Å². The first-order valence-corrected chi connectivity index (χ1v) is 16.6. The second-order valence-corrected chi connectivity index (χ2v) is 12.0. The van der Waals surface area contributed by atoms with Crippen LogP contribution in [0.2, 0.25) is 0 Å². The number of rotatable bonds is 6. The number of allylic oxidation sites excluding steroid dienone is 7. The van der Waals surface area contributed by atoms with E-state index in [1.807, 2.05) is 25.1 Å². The second-order valence-electron chi connectivity index (χ2n) is 12.0. The van der Waals surface area contributed by atoms with Crippen molar-refractivity contribution < 1.29 is 14.7 Å². The normalized spacial score (nSPS) is 15.4. The van der Waals surface area contributed by atoms with Crippen molar-refractivity contribution in [3.05, 3.63) is 143 Å². The summed E-state index contributed by atoms with van der Waals surface area (Å²) in [7, 11) is 2.05.